The van der Waals surface area contributed by atoms with Gasteiger partial charge in [-0.1, -0.05) is 60.9 Å². The van der Waals surface area contributed by atoms with Gasteiger partial charge in [-0.25, -0.2) is 13.1 Å². The van der Waals surface area contributed by atoms with E-state index in [1.54, 1.807) is 23.9 Å². The summed E-state index contributed by atoms with van der Waals surface area (Å²) in [5, 5.41) is 2.70. The van der Waals surface area contributed by atoms with Crippen LogP contribution in [0.4, 0.5) is 0 Å². The maximum absolute atomic E-state index is 12.9. The Morgan fingerprint density at radius 2 is 1.61 bits per heavy atom. The Morgan fingerprint density at radius 3 is 2.39 bits per heavy atom. The molecule has 3 nitrogen and oxygen atoms in total. The van der Waals surface area contributed by atoms with Crippen LogP contribution in [0.1, 0.15) is 31.2 Å². The molecular formula is C23H25NO2S2. The summed E-state index contributed by atoms with van der Waals surface area (Å²) in [7, 11) is -3.50. The van der Waals surface area contributed by atoms with Gasteiger partial charge in [0.05, 0.1) is 4.90 Å². The average molecular weight is 412 g/mol. The van der Waals surface area contributed by atoms with Gasteiger partial charge in [0.25, 0.3) is 0 Å². The van der Waals surface area contributed by atoms with Crippen LogP contribution in [0.3, 0.4) is 0 Å². The van der Waals surface area contributed by atoms with Gasteiger partial charge in [-0.3, -0.25) is 0 Å². The van der Waals surface area contributed by atoms with Gasteiger partial charge in [-0.15, -0.1) is 11.8 Å². The number of sulfonamides is 1. The van der Waals surface area contributed by atoms with Gasteiger partial charge in [0.2, 0.25) is 10.0 Å². The minimum Gasteiger partial charge on any atom is -0.207 e. The van der Waals surface area contributed by atoms with Crippen molar-refractivity contribution in [3.63, 3.8) is 0 Å². The number of thioether (sulfide) groups is 1. The molecule has 3 aromatic carbocycles. The maximum Gasteiger partial charge on any atom is 0.240 e. The molecule has 1 N–H and O–H groups in total. The Morgan fingerprint density at radius 1 is 0.893 bits per heavy atom. The Kier molecular flexibility index (Phi) is 5.76. The van der Waals surface area contributed by atoms with Crippen LogP contribution >= 0.6 is 11.8 Å². The van der Waals surface area contributed by atoms with Crippen LogP contribution in [0.25, 0.3) is 10.8 Å². The van der Waals surface area contributed by atoms with Gasteiger partial charge < -0.3 is 0 Å². The van der Waals surface area contributed by atoms with E-state index < -0.39 is 10.0 Å². The van der Waals surface area contributed by atoms with Crippen molar-refractivity contribution in [2.24, 2.45) is 0 Å². The van der Waals surface area contributed by atoms with Gasteiger partial charge in [0.1, 0.15) is 0 Å². The first-order valence-electron chi connectivity index (χ1n) is 9.76. The summed E-state index contributed by atoms with van der Waals surface area (Å²) in [6, 6.07) is 21.9. The molecule has 0 aromatic heterocycles. The van der Waals surface area contributed by atoms with Gasteiger partial charge in [-0.2, -0.15) is 0 Å². The summed E-state index contributed by atoms with van der Waals surface area (Å²) >= 11 is 1.80. The van der Waals surface area contributed by atoms with E-state index in [0.717, 1.165) is 31.2 Å². The van der Waals surface area contributed by atoms with E-state index in [0.29, 0.717) is 4.90 Å². The van der Waals surface area contributed by atoms with E-state index in [1.807, 2.05) is 25.1 Å². The third-order valence-electron chi connectivity index (χ3n) is 5.35. The molecule has 0 amide bonds. The van der Waals surface area contributed by atoms with E-state index in [4.69, 9.17) is 0 Å². The summed E-state index contributed by atoms with van der Waals surface area (Å²) in [5.74, 6) is 0. The Hall–Kier alpha value is -1.82. The molecule has 4 rings (SSSR count). The molecule has 5 heteroatoms. The lowest BCUT2D eigenvalue weighted by Crippen LogP contribution is -2.43. The molecule has 1 saturated carbocycles. The summed E-state index contributed by atoms with van der Waals surface area (Å²) in [6.07, 6.45) is 4.12. The summed E-state index contributed by atoms with van der Waals surface area (Å²) in [4.78, 5) is 1.54. The molecule has 3 aromatic rings. The molecule has 0 aliphatic heterocycles. The van der Waals surface area contributed by atoms with Gasteiger partial charge in [0, 0.05) is 16.2 Å². The molecule has 146 valence electrons. The first-order chi connectivity index (χ1) is 13.5. The van der Waals surface area contributed by atoms with E-state index in [9.17, 15) is 8.42 Å². The number of benzene rings is 3. The van der Waals surface area contributed by atoms with E-state index >= 15 is 0 Å². The zero-order valence-corrected chi connectivity index (χ0v) is 17.6. The number of aryl methyl sites for hydroxylation is 1. The van der Waals surface area contributed by atoms with Crippen LogP contribution in [-0.4, -0.2) is 19.7 Å². The van der Waals surface area contributed by atoms with Crippen LogP contribution in [0, 0.1) is 6.92 Å². The fourth-order valence-corrected chi connectivity index (χ4v) is 6.51. The predicted octanol–water partition coefficient (Wildman–Crippen LogP) is 5.53. The third-order valence-corrected chi connectivity index (χ3v) is 8.25. The number of rotatable bonds is 5. The second kappa shape index (κ2) is 8.27. The van der Waals surface area contributed by atoms with Crippen molar-refractivity contribution < 1.29 is 8.42 Å². The zero-order valence-electron chi connectivity index (χ0n) is 16.0. The van der Waals surface area contributed by atoms with Gasteiger partial charge >= 0.3 is 0 Å². The van der Waals surface area contributed by atoms with Crippen molar-refractivity contribution in [2.75, 3.05) is 0 Å². The van der Waals surface area contributed by atoms with Gasteiger partial charge in [-0.05, 0) is 54.8 Å². The summed E-state index contributed by atoms with van der Waals surface area (Å²) in [6.45, 7) is 1.96. The molecule has 0 radical (unpaired) electrons. The topological polar surface area (TPSA) is 46.2 Å². The molecule has 1 aliphatic carbocycles. The minimum atomic E-state index is -3.50. The highest BCUT2D eigenvalue weighted by molar-refractivity contribution is 8.00. The highest BCUT2D eigenvalue weighted by Crippen LogP contribution is 2.35. The molecular weight excluding hydrogens is 386 g/mol. The van der Waals surface area contributed by atoms with Gasteiger partial charge in [0.15, 0.2) is 0 Å². The lowest BCUT2D eigenvalue weighted by molar-refractivity contribution is 0.423. The predicted molar refractivity (Wildman–Crippen MR) is 117 cm³/mol. The second-order valence-corrected chi connectivity index (χ2v) is 10.5. The Bertz CT molecular complexity index is 1060. The van der Waals surface area contributed by atoms with E-state index in [-0.39, 0.29) is 11.3 Å². The molecule has 28 heavy (non-hydrogen) atoms. The molecule has 1 aliphatic rings. The number of nitrogens with one attached hydrogen (secondary N) is 1. The van der Waals surface area contributed by atoms with E-state index in [1.165, 1.54) is 15.7 Å². The molecule has 0 bridgehead atoms. The minimum absolute atomic E-state index is 0.0449. The number of hydrogen-bond acceptors (Lipinski definition) is 3. The van der Waals surface area contributed by atoms with Crippen molar-refractivity contribution in [1.29, 1.82) is 0 Å². The van der Waals surface area contributed by atoms with Crippen LogP contribution in [-0.2, 0) is 10.0 Å². The van der Waals surface area contributed by atoms with Crippen molar-refractivity contribution in [2.45, 2.75) is 53.7 Å². The van der Waals surface area contributed by atoms with Crippen molar-refractivity contribution >= 4 is 32.6 Å². The number of hydrogen-bond donors (Lipinski definition) is 1. The normalized spacial score (nSPS) is 20.3. The Labute approximate surface area is 171 Å². The Balaban J connectivity index is 1.53. The monoisotopic (exact) mass is 411 g/mol. The second-order valence-electron chi connectivity index (χ2n) is 7.49. The quantitative estimate of drug-likeness (QED) is 0.600. The van der Waals surface area contributed by atoms with Crippen LogP contribution < -0.4 is 4.72 Å². The van der Waals surface area contributed by atoms with Crippen molar-refractivity contribution in [3.8, 4) is 0 Å². The third kappa shape index (κ3) is 4.43. The molecule has 0 saturated heterocycles. The SMILES string of the molecule is Cc1ccc(S(=O)(=O)N[C@@H]2CCCC[C@H]2Sc2ccc3ccccc3c2)cc1. The lowest BCUT2D eigenvalue weighted by Gasteiger charge is -2.31. The fraction of sp³-hybridized carbons (Fsp3) is 0.304. The summed E-state index contributed by atoms with van der Waals surface area (Å²) < 4.78 is 28.7. The van der Waals surface area contributed by atoms with Crippen molar-refractivity contribution in [1.82, 2.24) is 4.72 Å². The first-order valence-corrected chi connectivity index (χ1v) is 12.1. The highest BCUT2D eigenvalue weighted by atomic mass is 32.2. The zero-order chi connectivity index (χ0) is 19.6. The fourth-order valence-electron chi connectivity index (χ4n) is 3.77. The standard InChI is InChI=1S/C23H25NO2S2/c1-17-10-14-21(15-11-17)28(25,26)24-22-8-4-5-9-23(22)27-20-13-12-18-6-2-3-7-19(18)16-20/h2-3,6-7,10-16,22-24H,4-5,8-9H2,1H3/t22-,23-/m1/s1. The maximum atomic E-state index is 12.9. The van der Waals surface area contributed by atoms with Crippen LogP contribution in [0.15, 0.2) is 76.5 Å². The van der Waals surface area contributed by atoms with Crippen LogP contribution in [0.5, 0.6) is 0 Å². The average Bonchev–Trinajstić information content (AvgIpc) is 2.69. The molecule has 2 atom stereocenters. The highest BCUT2D eigenvalue weighted by Gasteiger charge is 2.30. The summed E-state index contributed by atoms with van der Waals surface area (Å²) in [5.41, 5.74) is 1.06. The molecule has 1 fully saturated rings. The van der Waals surface area contributed by atoms with Crippen LogP contribution in [0.2, 0.25) is 0 Å². The lowest BCUT2D eigenvalue weighted by atomic mass is 9.96. The smallest absolute Gasteiger partial charge is 0.207 e. The van der Waals surface area contributed by atoms with E-state index in [2.05, 4.69) is 41.1 Å². The largest absolute Gasteiger partial charge is 0.240 e. The first kappa shape index (κ1) is 19.5. The van der Waals surface area contributed by atoms with Crippen molar-refractivity contribution in [3.05, 3.63) is 72.3 Å². The molecule has 0 spiro atoms. The number of fused-ring (bicyclic) bond motifs is 1. The molecule has 0 heterocycles. The molecule has 0 unspecified atom stereocenters.